The fraction of sp³-hybridized carbons (Fsp3) is 0.143. The second-order valence-corrected chi connectivity index (χ2v) is 6.13. The summed E-state index contributed by atoms with van der Waals surface area (Å²) in [4.78, 5) is 35.2. The molecule has 0 aromatic heterocycles. The Morgan fingerprint density at radius 3 is 2.55 bits per heavy atom. The van der Waals surface area contributed by atoms with Crippen molar-refractivity contribution in [2.24, 2.45) is 0 Å². The standard InChI is InChI=1S/C21H18N4O4/c26-20(12-7-17-5-10-19(11-6-17)25(28)29)22-13-1-2-16-3-8-18(9-4-16)24-15-14-23-21(24)27/h3-12H,13-15H2,(H,22,26)(H,23,27)/b12-7+. The molecule has 146 valence electrons. The summed E-state index contributed by atoms with van der Waals surface area (Å²) in [5, 5.41) is 16.0. The Labute approximate surface area is 167 Å². The highest BCUT2D eigenvalue weighted by molar-refractivity contribution is 5.94. The summed E-state index contributed by atoms with van der Waals surface area (Å²) in [6.07, 6.45) is 2.92. The number of benzene rings is 2. The number of nitro groups is 1. The van der Waals surface area contributed by atoms with Crippen molar-refractivity contribution in [1.82, 2.24) is 10.6 Å². The van der Waals surface area contributed by atoms with Crippen LogP contribution in [0.1, 0.15) is 11.1 Å². The molecule has 1 saturated heterocycles. The molecule has 0 aliphatic carbocycles. The molecule has 0 bridgehead atoms. The maximum Gasteiger partial charge on any atom is 0.321 e. The van der Waals surface area contributed by atoms with Crippen LogP contribution in [0.15, 0.2) is 54.6 Å². The molecule has 1 fully saturated rings. The van der Waals surface area contributed by atoms with E-state index in [0.717, 1.165) is 11.3 Å². The fourth-order valence-electron chi connectivity index (χ4n) is 2.66. The molecule has 0 spiro atoms. The Morgan fingerprint density at radius 2 is 1.93 bits per heavy atom. The molecule has 3 amide bonds. The first-order valence-corrected chi connectivity index (χ1v) is 8.87. The van der Waals surface area contributed by atoms with Gasteiger partial charge in [0.15, 0.2) is 0 Å². The molecule has 2 N–H and O–H groups in total. The van der Waals surface area contributed by atoms with Crippen LogP contribution in [-0.2, 0) is 4.79 Å². The third-order valence-electron chi connectivity index (χ3n) is 4.15. The number of amides is 3. The van der Waals surface area contributed by atoms with Crippen LogP contribution in [0.25, 0.3) is 6.08 Å². The van der Waals surface area contributed by atoms with Gasteiger partial charge in [-0.25, -0.2) is 4.79 Å². The lowest BCUT2D eigenvalue weighted by molar-refractivity contribution is -0.384. The topological polar surface area (TPSA) is 105 Å². The van der Waals surface area contributed by atoms with E-state index in [9.17, 15) is 19.7 Å². The quantitative estimate of drug-likeness (QED) is 0.354. The van der Waals surface area contributed by atoms with Crippen molar-refractivity contribution in [3.63, 3.8) is 0 Å². The number of nitrogens with one attached hydrogen (secondary N) is 2. The normalized spacial score (nSPS) is 13.0. The van der Waals surface area contributed by atoms with Crippen molar-refractivity contribution in [1.29, 1.82) is 0 Å². The minimum absolute atomic E-state index is 0.00129. The van der Waals surface area contributed by atoms with Crippen molar-refractivity contribution in [3.8, 4) is 11.8 Å². The van der Waals surface area contributed by atoms with Crippen molar-refractivity contribution in [3.05, 3.63) is 75.8 Å². The number of urea groups is 1. The number of nitrogens with zero attached hydrogens (tertiary/aromatic N) is 2. The Bertz CT molecular complexity index is 1000. The summed E-state index contributed by atoms with van der Waals surface area (Å²) >= 11 is 0. The average Bonchev–Trinajstić information content (AvgIpc) is 3.16. The second kappa shape index (κ2) is 9.19. The Morgan fingerprint density at radius 1 is 1.21 bits per heavy atom. The van der Waals surface area contributed by atoms with Gasteiger partial charge >= 0.3 is 6.03 Å². The van der Waals surface area contributed by atoms with Gasteiger partial charge in [-0.3, -0.25) is 19.8 Å². The maximum absolute atomic E-state index is 11.8. The molecule has 8 heteroatoms. The van der Waals surface area contributed by atoms with Crippen molar-refractivity contribution >= 4 is 29.4 Å². The summed E-state index contributed by atoms with van der Waals surface area (Å²) in [5.41, 5.74) is 2.28. The number of anilines is 1. The highest BCUT2D eigenvalue weighted by Crippen LogP contribution is 2.16. The molecule has 0 unspecified atom stereocenters. The first-order chi connectivity index (χ1) is 14.0. The predicted molar refractivity (Wildman–Crippen MR) is 109 cm³/mol. The van der Waals surface area contributed by atoms with Gasteiger partial charge in [-0.05, 0) is 48.0 Å². The van der Waals surface area contributed by atoms with E-state index in [1.807, 2.05) is 24.3 Å². The summed E-state index contributed by atoms with van der Waals surface area (Å²) in [5.74, 6) is 5.50. The molecular formula is C21H18N4O4. The summed E-state index contributed by atoms with van der Waals surface area (Å²) < 4.78 is 0. The zero-order valence-electron chi connectivity index (χ0n) is 15.4. The number of hydrogen-bond acceptors (Lipinski definition) is 4. The minimum Gasteiger partial charge on any atom is -0.342 e. The number of non-ortho nitro benzene ring substituents is 1. The van der Waals surface area contributed by atoms with Gasteiger partial charge in [0.25, 0.3) is 5.69 Å². The van der Waals surface area contributed by atoms with Crippen LogP contribution in [0, 0.1) is 22.0 Å². The van der Waals surface area contributed by atoms with Crippen LogP contribution in [0.3, 0.4) is 0 Å². The van der Waals surface area contributed by atoms with E-state index < -0.39 is 4.92 Å². The predicted octanol–water partition coefficient (Wildman–Crippen LogP) is 2.31. The minimum atomic E-state index is -0.477. The largest absolute Gasteiger partial charge is 0.342 e. The molecule has 2 aromatic rings. The number of hydrogen-bond donors (Lipinski definition) is 2. The number of rotatable bonds is 5. The van der Waals surface area contributed by atoms with E-state index >= 15 is 0 Å². The third kappa shape index (κ3) is 5.43. The van der Waals surface area contributed by atoms with Crippen LogP contribution < -0.4 is 15.5 Å². The highest BCUT2D eigenvalue weighted by atomic mass is 16.6. The molecule has 1 aliphatic rings. The molecule has 0 saturated carbocycles. The van der Waals surface area contributed by atoms with Gasteiger partial charge in [0.2, 0.25) is 5.91 Å². The average molecular weight is 390 g/mol. The lowest BCUT2D eigenvalue weighted by atomic mass is 10.2. The summed E-state index contributed by atoms with van der Waals surface area (Å²) in [6.45, 7) is 1.46. The van der Waals surface area contributed by atoms with E-state index in [-0.39, 0.29) is 24.2 Å². The molecule has 1 heterocycles. The molecule has 0 radical (unpaired) electrons. The zero-order chi connectivity index (χ0) is 20.6. The van der Waals surface area contributed by atoms with Crippen LogP contribution in [0.2, 0.25) is 0 Å². The summed E-state index contributed by atoms with van der Waals surface area (Å²) in [6, 6.07) is 13.1. The Hall–Kier alpha value is -4.12. The van der Waals surface area contributed by atoms with Gasteiger partial charge < -0.3 is 10.6 Å². The maximum atomic E-state index is 11.8. The van der Waals surface area contributed by atoms with E-state index in [4.69, 9.17) is 0 Å². The number of nitro benzene ring substituents is 1. The van der Waals surface area contributed by atoms with E-state index in [2.05, 4.69) is 22.5 Å². The Balaban J connectivity index is 1.47. The first-order valence-electron chi connectivity index (χ1n) is 8.87. The van der Waals surface area contributed by atoms with Crippen LogP contribution in [0.5, 0.6) is 0 Å². The molecule has 0 atom stereocenters. The lowest BCUT2D eigenvalue weighted by Gasteiger charge is -2.13. The Kier molecular flexibility index (Phi) is 6.22. The molecule has 8 nitrogen and oxygen atoms in total. The second-order valence-electron chi connectivity index (χ2n) is 6.13. The van der Waals surface area contributed by atoms with E-state index in [1.165, 1.54) is 18.2 Å². The van der Waals surface area contributed by atoms with Crippen LogP contribution >= 0.6 is 0 Å². The number of carbonyl (C=O) groups is 2. The molecule has 3 rings (SSSR count). The van der Waals surface area contributed by atoms with Gasteiger partial charge in [-0.15, -0.1) is 0 Å². The molecule has 1 aliphatic heterocycles. The van der Waals surface area contributed by atoms with Crippen LogP contribution in [0.4, 0.5) is 16.2 Å². The van der Waals surface area contributed by atoms with Crippen molar-refractivity contribution in [2.45, 2.75) is 0 Å². The number of carbonyl (C=O) groups excluding carboxylic acids is 2. The van der Waals surface area contributed by atoms with Gasteiger partial charge in [-0.2, -0.15) is 0 Å². The monoisotopic (exact) mass is 390 g/mol. The van der Waals surface area contributed by atoms with Gasteiger partial charge in [0, 0.05) is 42.5 Å². The fourth-order valence-corrected chi connectivity index (χ4v) is 2.66. The lowest BCUT2D eigenvalue weighted by Crippen LogP contribution is -2.27. The van der Waals surface area contributed by atoms with Gasteiger partial charge in [0.05, 0.1) is 11.5 Å². The molecular weight excluding hydrogens is 372 g/mol. The molecule has 2 aromatic carbocycles. The zero-order valence-corrected chi connectivity index (χ0v) is 15.4. The highest BCUT2D eigenvalue weighted by Gasteiger charge is 2.20. The van der Waals surface area contributed by atoms with E-state index in [1.54, 1.807) is 23.1 Å². The van der Waals surface area contributed by atoms with Crippen molar-refractivity contribution < 1.29 is 14.5 Å². The van der Waals surface area contributed by atoms with Crippen molar-refractivity contribution in [2.75, 3.05) is 24.5 Å². The van der Waals surface area contributed by atoms with Gasteiger partial charge in [0.1, 0.15) is 0 Å². The summed E-state index contributed by atoms with van der Waals surface area (Å²) in [7, 11) is 0. The SMILES string of the molecule is O=C(/C=C/c1ccc([N+](=O)[O-])cc1)NCC#Cc1ccc(N2CCNC2=O)cc1. The van der Waals surface area contributed by atoms with Crippen LogP contribution in [-0.4, -0.2) is 36.5 Å². The smallest absolute Gasteiger partial charge is 0.321 e. The van der Waals surface area contributed by atoms with E-state index in [0.29, 0.717) is 18.7 Å². The first kappa shape index (κ1) is 19.6. The molecule has 29 heavy (non-hydrogen) atoms. The third-order valence-corrected chi connectivity index (χ3v) is 4.15. The van der Waals surface area contributed by atoms with Gasteiger partial charge in [-0.1, -0.05) is 11.8 Å².